The van der Waals surface area contributed by atoms with E-state index in [1.807, 2.05) is 40.1 Å². The number of hydrogen-bond donors (Lipinski definition) is 0. The molecule has 0 N–H and O–H groups in total. The van der Waals surface area contributed by atoms with E-state index in [1.54, 1.807) is 20.4 Å². The van der Waals surface area contributed by atoms with Crippen LogP contribution in [-0.2, 0) is 6.42 Å². The van der Waals surface area contributed by atoms with Gasteiger partial charge in [0.2, 0.25) is 0 Å². The van der Waals surface area contributed by atoms with Crippen LogP contribution in [0, 0.1) is 0 Å². The number of rotatable bonds is 4. The van der Waals surface area contributed by atoms with Gasteiger partial charge in [-0.25, -0.2) is 4.79 Å². The number of aromatic nitrogens is 1. The molecule has 7 heteroatoms. The zero-order valence-electron chi connectivity index (χ0n) is 19.2. The third kappa shape index (κ3) is 4.15. The molecule has 172 valence electrons. The van der Waals surface area contributed by atoms with Gasteiger partial charge in [0.05, 0.1) is 19.7 Å². The van der Waals surface area contributed by atoms with Gasteiger partial charge in [-0.05, 0) is 68.0 Å². The van der Waals surface area contributed by atoms with Crippen molar-refractivity contribution >= 4 is 22.6 Å². The molecule has 0 bridgehead atoms. The summed E-state index contributed by atoms with van der Waals surface area (Å²) in [5, 5.41) is 0.842. The van der Waals surface area contributed by atoms with E-state index in [1.165, 1.54) is 6.42 Å². The van der Waals surface area contributed by atoms with Crippen molar-refractivity contribution in [2.45, 2.75) is 32.1 Å². The van der Waals surface area contributed by atoms with E-state index in [-0.39, 0.29) is 6.03 Å². The third-order valence-electron chi connectivity index (χ3n) is 6.46. The SMILES string of the molecule is COc1cc2nccc(Oc3ccc4c(c3)CCCN4C(=O)N3CCCCC3)c2cc1OC. The fourth-order valence-electron chi connectivity index (χ4n) is 4.76. The Kier molecular flexibility index (Phi) is 5.94. The Balaban J connectivity index is 1.43. The molecule has 2 aromatic carbocycles. The molecule has 0 radical (unpaired) electrons. The van der Waals surface area contributed by atoms with Crippen molar-refractivity contribution in [3.8, 4) is 23.0 Å². The molecule has 0 saturated carbocycles. The van der Waals surface area contributed by atoms with Crippen LogP contribution < -0.4 is 19.1 Å². The summed E-state index contributed by atoms with van der Waals surface area (Å²) >= 11 is 0. The van der Waals surface area contributed by atoms with Crippen LogP contribution in [0.5, 0.6) is 23.0 Å². The van der Waals surface area contributed by atoms with Gasteiger partial charge in [0.1, 0.15) is 11.5 Å². The van der Waals surface area contributed by atoms with Gasteiger partial charge in [-0.3, -0.25) is 9.88 Å². The zero-order chi connectivity index (χ0) is 22.8. The summed E-state index contributed by atoms with van der Waals surface area (Å²) in [6.45, 7) is 2.48. The second-order valence-corrected chi connectivity index (χ2v) is 8.51. The molecular weight excluding hydrogens is 418 g/mol. The van der Waals surface area contributed by atoms with Crippen LogP contribution in [0.15, 0.2) is 42.6 Å². The highest BCUT2D eigenvalue weighted by Gasteiger charge is 2.27. The number of amides is 2. The van der Waals surface area contributed by atoms with E-state index in [2.05, 4.69) is 11.1 Å². The van der Waals surface area contributed by atoms with E-state index < -0.39 is 0 Å². The number of piperidine rings is 1. The fraction of sp³-hybridized carbons (Fsp3) is 0.385. The molecule has 3 aromatic rings. The molecular formula is C26H29N3O4. The summed E-state index contributed by atoms with van der Waals surface area (Å²) < 4.78 is 17.1. The molecule has 2 aliphatic heterocycles. The van der Waals surface area contributed by atoms with Crippen molar-refractivity contribution in [2.24, 2.45) is 0 Å². The van der Waals surface area contributed by atoms with Gasteiger partial charge in [0.15, 0.2) is 11.5 Å². The highest BCUT2D eigenvalue weighted by Crippen LogP contribution is 2.38. The van der Waals surface area contributed by atoms with Crippen LogP contribution in [0.25, 0.3) is 10.9 Å². The number of methoxy groups -OCH3 is 2. The van der Waals surface area contributed by atoms with Crippen molar-refractivity contribution in [1.29, 1.82) is 0 Å². The summed E-state index contributed by atoms with van der Waals surface area (Å²) in [7, 11) is 3.22. The summed E-state index contributed by atoms with van der Waals surface area (Å²) in [5.74, 6) is 2.68. The molecule has 0 aliphatic carbocycles. The first-order valence-electron chi connectivity index (χ1n) is 11.6. The Hall–Kier alpha value is -3.48. The van der Waals surface area contributed by atoms with Gasteiger partial charge in [0, 0.05) is 43.0 Å². The van der Waals surface area contributed by atoms with Crippen LogP contribution in [0.4, 0.5) is 10.5 Å². The van der Waals surface area contributed by atoms with Gasteiger partial charge in [-0.1, -0.05) is 0 Å². The van der Waals surface area contributed by atoms with Crippen LogP contribution in [0.1, 0.15) is 31.2 Å². The Bertz CT molecular complexity index is 1170. The maximum absolute atomic E-state index is 13.1. The van der Waals surface area contributed by atoms with E-state index in [4.69, 9.17) is 14.2 Å². The lowest BCUT2D eigenvalue weighted by Crippen LogP contribution is -2.47. The predicted molar refractivity (Wildman–Crippen MR) is 128 cm³/mol. The third-order valence-corrected chi connectivity index (χ3v) is 6.46. The highest BCUT2D eigenvalue weighted by molar-refractivity contribution is 5.93. The molecule has 1 aromatic heterocycles. The number of anilines is 1. The molecule has 0 unspecified atom stereocenters. The standard InChI is InChI=1S/C26H29N3O4/c1-31-24-16-20-21(17-25(24)32-2)27-11-10-23(20)33-19-8-9-22-18(15-19)7-6-14-29(22)26(30)28-12-4-3-5-13-28/h8-11,15-17H,3-7,12-14H2,1-2H3. The smallest absolute Gasteiger partial charge is 0.324 e. The van der Waals surface area contributed by atoms with E-state index >= 15 is 0 Å². The van der Waals surface area contributed by atoms with Crippen molar-refractivity contribution in [2.75, 3.05) is 38.8 Å². The minimum Gasteiger partial charge on any atom is -0.493 e. The molecule has 5 rings (SSSR count). The number of aryl methyl sites for hydroxylation is 1. The Morgan fingerprint density at radius 2 is 1.67 bits per heavy atom. The maximum Gasteiger partial charge on any atom is 0.324 e. The molecule has 33 heavy (non-hydrogen) atoms. The Morgan fingerprint density at radius 1 is 0.879 bits per heavy atom. The fourth-order valence-corrected chi connectivity index (χ4v) is 4.76. The van der Waals surface area contributed by atoms with E-state index in [9.17, 15) is 4.79 Å². The minimum atomic E-state index is 0.130. The molecule has 7 nitrogen and oxygen atoms in total. The average molecular weight is 448 g/mol. The summed E-state index contributed by atoms with van der Waals surface area (Å²) in [4.78, 5) is 21.5. The van der Waals surface area contributed by atoms with Gasteiger partial charge in [-0.15, -0.1) is 0 Å². The Morgan fingerprint density at radius 3 is 2.45 bits per heavy atom. The minimum absolute atomic E-state index is 0.130. The predicted octanol–water partition coefficient (Wildman–Crippen LogP) is 5.40. The van der Waals surface area contributed by atoms with Gasteiger partial charge >= 0.3 is 6.03 Å². The summed E-state index contributed by atoms with van der Waals surface area (Å²) in [6.07, 6.45) is 7.00. The molecule has 2 aliphatic rings. The molecule has 3 heterocycles. The maximum atomic E-state index is 13.1. The highest BCUT2D eigenvalue weighted by atomic mass is 16.5. The zero-order valence-corrected chi connectivity index (χ0v) is 19.2. The lowest BCUT2D eigenvalue weighted by molar-refractivity contribution is 0.192. The molecule has 1 fully saturated rings. The normalized spacial score (nSPS) is 15.8. The number of likely N-dealkylation sites (tertiary alicyclic amines) is 1. The number of nitrogens with zero attached hydrogens (tertiary/aromatic N) is 3. The van der Waals surface area contributed by atoms with Crippen LogP contribution in [-0.4, -0.2) is 49.8 Å². The number of carbonyl (C=O) groups excluding carboxylic acids is 1. The quantitative estimate of drug-likeness (QED) is 0.536. The van der Waals surface area contributed by atoms with E-state index in [0.717, 1.165) is 73.2 Å². The van der Waals surface area contributed by atoms with Crippen molar-refractivity contribution in [1.82, 2.24) is 9.88 Å². The summed E-state index contributed by atoms with van der Waals surface area (Å²) in [6, 6.07) is 11.7. The lowest BCUT2D eigenvalue weighted by atomic mass is 10.0. The first-order chi connectivity index (χ1) is 16.2. The number of pyridine rings is 1. The molecule has 1 saturated heterocycles. The number of ether oxygens (including phenoxy) is 3. The topological polar surface area (TPSA) is 64.1 Å². The van der Waals surface area contributed by atoms with E-state index in [0.29, 0.717) is 17.2 Å². The second kappa shape index (κ2) is 9.17. The van der Waals surface area contributed by atoms with Crippen LogP contribution in [0.2, 0.25) is 0 Å². The first-order valence-corrected chi connectivity index (χ1v) is 11.6. The monoisotopic (exact) mass is 447 g/mol. The van der Waals surface area contributed by atoms with Crippen molar-refractivity contribution in [3.63, 3.8) is 0 Å². The first kappa shape index (κ1) is 21.4. The molecule has 0 atom stereocenters. The molecule has 2 amide bonds. The number of fused-ring (bicyclic) bond motifs is 2. The van der Waals surface area contributed by atoms with Gasteiger partial charge in [-0.2, -0.15) is 0 Å². The number of benzene rings is 2. The second-order valence-electron chi connectivity index (χ2n) is 8.51. The average Bonchev–Trinajstić information content (AvgIpc) is 2.87. The number of hydrogen-bond acceptors (Lipinski definition) is 5. The van der Waals surface area contributed by atoms with Crippen LogP contribution >= 0.6 is 0 Å². The van der Waals surface area contributed by atoms with Crippen molar-refractivity contribution in [3.05, 3.63) is 48.2 Å². The Labute approximate surface area is 193 Å². The lowest BCUT2D eigenvalue weighted by Gasteiger charge is -2.36. The number of urea groups is 1. The molecule has 0 spiro atoms. The largest absolute Gasteiger partial charge is 0.493 e. The number of carbonyl (C=O) groups is 1. The van der Waals surface area contributed by atoms with Gasteiger partial charge < -0.3 is 19.1 Å². The van der Waals surface area contributed by atoms with Crippen molar-refractivity contribution < 1.29 is 19.0 Å². The van der Waals surface area contributed by atoms with Gasteiger partial charge in [0.25, 0.3) is 0 Å². The summed E-state index contributed by atoms with van der Waals surface area (Å²) in [5.41, 5.74) is 2.90. The van der Waals surface area contributed by atoms with Crippen LogP contribution in [0.3, 0.4) is 0 Å².